The summed E-state index contributed by atoms with van der Waals surface area (Å²) in [6, 6.07) is -0.123. The monoisotopic (exact) mass is 226 g/mol. The molecule has 0 fully saturated rings. The van der Waals surface area contributed by atoms with Crippen LogP contribution in [-0.2, 0) is 11.3 Å². The van der Waals surface area contributed by atoms with Gasteiger partial charge in [0.1, 0.15) is 11.9 Å². The number of hydrogen-bond donors (Lipinski definition) is 2. The fourth-order valence-electron chi connectivity index (χ4n) is 1.89. The van der Waals surface area contributed by atoms with Crippen LogP contribution >= 0.6 is 0 Å². The number of aromatic nitrogens is 2. The van der Waals surface area contributed by atoms with E-state index in [0.717, 1.165) is 12.4 Å². The Kier molecular flexibility index (Phi) is 4.46. The first kappa shape index (κ1) is 13.2. The van der Waals surface area contributed by atoms with Crippen LogP contribution in [0.2, 0.25) is 0 Å². The van der Waals surface area contributed by atoms with E-state index in [1.807, 2.05) is 27.0 Å². The number of imidazole rings is 1. The summed E-state index contributed by atoms with van der Waals surface area (Å²) in [5.41, 5.74) is 2.41. The Balaban J connectivity index is 2.97. The van der Waals surface area contributed by atoms with Crippen molar-refractivity contribution in [3.63, 3.8) is 0 Å². The quantitative estimate of drug-likeness (QED) is 0.565. The van der Waals surface area contributed by atoms with Gasteiger partial charge in [-0.25, -0.2) is 10.4 Å². The lowest BCUT2D eigenvalue weighted by Gasteiger charge is -2.33. The Morgan fingerprint density at radius 1 is 1.56 bits per heavy atom. The highest BCUT2D eigenvalue weighted by Gasteiger charge is 2.33. The number of hydrogen-bond acceptors (Lipinski definition) is 4. The molecule has 1 unspecified atom stereocenters. The zero-order chi connectivity index (χ0) is 12.2. The molecule has 0 saturated carbocycles. The van der Waals surface area contributed by atoms with Gasteiger partial charge in [-0.3, -0.25) is 5.84 Å². The van der Waals surface area contributed by atoms with Gasteiger partial charge in [0, 0.05) is 25.5 Å². The maximum Gasteiger partial charge on any atom is 0.130 e. The van der Waals surface area contributed by atoms with E-state index in [1.165, 1.54) is 0 Å². The van der Waals surface area contributed by atoms with Gasteiger partial charge in [-0.05, 0) is 27.7 Å². The Hall–Kier alpha value is -0.910. The van der Waals surface area contributed by atoms with Crippen LogP contribution in [-0.4, -0.2) is 21.8 Å². The van der Waals surface area contributed by atoms with Gasteiger partial charge in [0.2, 0.25) is 0 Å². The number of nitrogens with zero attached hydrogens (tertiary/aromatic N) is 2. The molecule has 0 aliphatic rings. The Morgan fingerprint density at radius 2 is 2.25 bits per heavy atom. The molecule has 0 spiro atoms. The van der Waals surface area contributed by atoms with Crippen LogP contribution in [0.1, 0.15) is 39.6 Å². The van der Waals surface area contributed by atoms with E-state index in [4.69, 9.17) is 10.6 Å². The number of nitrogens with one attached hydrogen (secondary N) is 1. The van der Waals surface area contributed by atoms with Gasteiger partial charge < -0.3 is 9.30 Å². The van der Waals surface area contributed by atoms with E-state index in [0.29, 0.717) is 6.61 Å². The molecule has 1 rings (SSSR count). The van der Waals surface area contributed by atoms with Crippen LogP contribution in [0, 0.1) is 0 Å². The molecule has 0 radical (unpaired) electrons. The number of nitrogens with two attached hydrogens (primary N) is 1. The molecule has 92 valence electrons. The lowest BCUT2D eigenvalue weighted by atomic mass is 9.98. The molecule has 16 heavy (non-hydrogen) atoms. The summed E-state index contributed by atoms with van der Waals surface area (Å²) in [6.07, 6.45) is 3.73. The highest BCUT2D eigenvalue weighted by molar-refractivity contribution is 5.05. The second-order valence-electron chi connectivity index (χ2n) is 4.21. The van der Waals surface area contributed by atoms with Gasteiger partial charge >= 0.3 is 0 Å². The lowest BCUT2D eigenvalue weighted by Crippen LogP contribution is -2.45. The van der Waals surface area contributed by atoms with Crippen molar-refractivity contribution in [2.75, 3.05) is 6.61 Å². The summed E-state index contributed by atoms with van der Waals surface area (Å²) in [5.74, 6) is 6.53. The summed E-state index contributed by atoms with van der Waals surface area (Å²) in [4.78, 5) is 4.35. The first-order valence-electron chi connectivity index (χ1n) is 5.67. The molecular weight excluding hydrogens is 204 g/mol. The molecule has 0 aliphatic heterocycles. The predicted molar refractivity (Wildman–Crippen MR) is 63.7 cm³/mol. The second-order valence-corrected chi connectivity index (χ2v) is 4.21. The summed E-state index contributed by atoms with van der Waals surface area (Å²) >= 11 is 0. The predicted octanol–water partition coefficient (Wildman–Crippen LogP) is 1.22. The average molecular weight is 226 g/mol. The van der Waals surface area contributed by atoms with Gasteiger partial charge in [0.05, 0.1) is 5.60 Å². The van der Waals surface area contributed by atoms with Gasteiger partial charge in [-0.15, -0.1) is 0 Å². The normalized spacial score (nSPS) is 14.1. The number of aryl methyl sites for hydroxylation is 1. The van der Waals surface area contributed by atoms with Crippen LogP contribution in [0.5, 0.6) is 0 Å². The summed E-state index contributed by atoms with van der Waals surface area (Å²) < 4.78 is 7.77. The first-order chi connectivity index (χ1) is 7.56. The molecule has 5 heteroatoms. The van der Waals surface area contributed by atoms with Crippen LogP contribution < -0.4 is 11.3 Å². The van der Waals surface area contributed by atoms with Crippen molar-refractivity contribution in [3.05, 3.63) is 18.2 Å². The van der Waals surface area contributed by atoms with Crippen LogP contribution in [0.3, 0.4) is 0 Å². The molecule has 1 aromatic heterocycles. The zero-order valence-electron chi connectivity index (χ0n) is 10.5. The molecule has 0 aromatic carbocycles. The van der Waals surface area contributed by atoms with Gasteiger partial charge in [0.25, 0.3) is 0 Å². The maximum atomic E-state index is 5.71. The standard InChI is InChI=1S/C11H22N4O/c1-5-15-8-7-13-10(15)9(14-12)11(3,4)16-6-2/h7-9,14H,5-6,12H2,1-4H3. The lowest BCUT2D eigenvalue weighted by molar-refractivity contribution is -0.0420. The molecule has 1 aromatic rings. The highest BCUT2D eigenvalue weighted by atomic mass is 16.5. The van der Waals surface area contributed by atoms with Crippen molar-refractivity contribution in [1.29, 1.82) is 0 Å². The minimum atomic E-state index is -0.387. The first-order valence-corrected chi connectivity index (χ1v) is 5.67. The van der Waals surface area contributed by atoms with E-state index in [1.54, 1.807) is 6.20 Å². The second kappa shape index (κ2) is 5.43. The van der Waals surface area contributed by atoms with E-state index in [-0.39, 0.29) is 11.6 Å². The number of hydrazine groups is 1. The van der Waals surface area contributed by atoms with E-state index < -0.39 is 0 Å². The Bertz CT molecular complexity index is 322. The van der Waals surface area contributed by atoms with Gasteiger partial charge in [0.15, 0.2) is 0 Å². The molecule has 3 N–H and O–H groups in total. The van der Waals surface area contributed by atoms with Crippen molar-refractivity contribution >= 4 is 0 Å². The van der Waals surface area contributed by atoms with Crippen LogP contribution in [0.4, 0.5) is 0 Å². The zero-order valence-corrected chi connectivity index (χ0v) is 10.5. The molecule has 5 nitrogen and oxygen atoms in total. The molecule has 0 bridgehead atoms. The molecular formula is C11H22N4O. The highest BCUT2D eigenvalue weighted by Crippen LogP contribution is 2.27. The smallest absolute Gasteiger partial charge is 0.130 e. The molecule has 0 amide bonds. The third-order valence-corrected chi connectivity index (χ3v) is 2.72. The topological polar surface area (TPSA) is 65.1 Å². The van der Waals surface area contributed by atoms with Gasteiger partial charge in [-0.2, -0.15) is 0 Å². The maximum absolute atomic E-state index is 5.71. The minimum Gasteiger partial charge on any atom is -0.374 e. The van der Waals surface area contributed by atoms with Gasteiger partial charge in [-0.1, -0.05) is 0 Å². The molecule has 0 saturated heterocycles. The number of ether oxygens (including phenoxy) is 1. The minimum absolute atomic E-state index is 0.123. The van der Waals surface area contributed by atoms with Crippen LogP contribution in [0.15, 0.2) is 12.4 Å². The van der Waals surface area contributed by atoms with E-state index >= 15 is 0 Å². The van der Waals surface area contributed by atoms with Crippen molar-refractivity contribution in [2.45, 2.75) is 45.9 Å². The third kappa shape index (κ3) is 2.61. The average Bonchev–Trinajstić information content (AvgIpc) is 2.66. The van der Waals surface area contributed by atoms with Crippen molar-refractivity contribution < 1.29 is 4.74 Å². The van der Waals surface area contributed by atoms with Crippen molar-refractivity contribution in [2.24, 2.45) is 5.84 Å². The molecule has 1 atom stereocenters. The van der Waals surface area contributed by atoms with E-state index in [9.17, 15) is 0 Å². The van der Waals surface area contributed by atoms with E-state index in [2.05, 4.69) is 21.9 Å². The fraction of sp³-hybridized carbons (Fsp3) is 0.727. The fourth-order valence-corrected chi connectivity index (χ4v) is 1.89. The summed E-state index contributed by atoms with van der Waals surface area (Å²) in [5, 5.41) is 0. The third-order valence-electron chi connectivity index (χ3n) is 2.72. The van der Waals surface area contributed by atoms with Crippen LogP contribution in [0.25, 0.3) is 0 Å². The Morgan fingerprint density at radius 3 is 2.75 bits per heavy atom. The Labute approximate surface area is 97.0 Å². The molecule has 1 heterocycles. The van der Waals surface area contributed by atoms with Crippen molar-refractivity contribution in [3.8, 4) is 0 Å². The largest absolute Gasteiger partial charge is 0.374 e. The summed E-state index contributed by atoms with van der Waals surface area (Å²) in [6.45, 7) is 9.59. The summed E-state index contributed by atoms with van der Waals surface area (Å²) in [7, 11) is 0. The molecule has 0 aliphatic carbocycles. The number of rotatable bonds is 6. The van der Waals surface area contributed by atoms with Crippen molar-refractivity contribution in [1.82, 2.24) is 15.0 Å². The SMILES string of the molecule is CCOC(C)(C)C(NN)c1nccn1CC.